The first-order valence-corrected chi connectivity index (χ1v) is 5.41. The second-order valence-corrected chi connectivity index (χ2v) is 3.81. The van der Waals surface area contributed by atoms with Crippen LogP contribution in [0.25, 0.3) is 0 Å². The van der Waals surface area contributed by atoms with Crippen LogP contribution in [0, 0.1) is 0 Å². The molecule has 0 saturated heterocycles. The average molecular weight is 289 g/mol. The van der Waals surface area contributed by atoms with Crippen molar-refractivity contribution in [2.45, 2.75) is 12.6 Å². The summed E-state index contributed by atoms with van der Waals surface area (Å²) in [6.45, 7) is 0. The van der Waals surface area contributed by atoms with Crippen molar-refractivity contribution in [3.05, 3.63) is 47.8 Å². The van der Waals surface area contributed by atoms with E-state index in [0.717, 1.165) is 18.3 Å². The van der Waals surface area contributed by atoms with Crippen LogP contribution in [-0.4, -0.2) is 9.97 Å². The largest absolute Gasteiger partial charge is 0.433 e. The van der Waals surface area contributed by atoms with E-state index in [1.807, 2.05) is 0 Å². The number of alkyl halides is 5. The first-order chi connectivity index (χ1) is 9.36. The molecular weight excluding hydrogens is 281 g/mol. The summed E-state index contributed by atoms with van der Waals surface area (Å²) in [6, 6.07) is 5.84. The molecule has 0 spiro atoms. The number of rotatable bonds is 3. The predicted molar refractivity (Wildman–Crippen MR) is 61.7 cm³/mol. The summed E-state index contributed by atoms with van der Waals surface area (Å²) >= 11 is 0. The van der Waals surface area contributed by atoms with Crippen LogP contribution in [0.3, 0.4) is 0 Å². The van der Waals surface area contributed by atoms with Gasteiger partial charge in [0.25, 0.3) is 6.43 Å². The Balaban J connectivity index is 2.24. The third-order valence-electron chi connectivity index (χ3n) is 2.34. The number of halogens is 5. The zero-order valence-corrected chi connectivity index (χ0v) is 9.83. The number of nitrogens with one attached hydrogen (secondary N) is 1. The molecule has 0 bridgehead atoms. The van der Waals surface area contributed by atoms with Gasteiger partial charge >= 0.3 is 6.18 Å². The molecule has 0 aliphatic rings. The summed E-state index contributed by atoms with van der Waals surface area (Å²) in [5, 5.41) is 2.46. The molecule has 0 fully saturated rings. The maximum absolute atomic E-state index is 12.5. The molecule has 0 amide bonds. The third-order valence-corrected chi connectivity index (χ3v) is 2.34. The van der Waals surface area contributed by atoms with E-state index in [9.17, 15) is 22.0 Å². The third kappa shape index (κ3) is 3.40. The van der Waals surface area contributed by atoms with Gasteiger partial charge in [0.2, 0.25) is 5.95 Å². The van der Waals surface area contributed by atoms with Crippen LogP contribution in [0.2, 0.25) is 0 Å². The molecule has 1 aromatic heterocycles. The maximum atomic E-state index is 12.5. The molecule has 8 heteroatoms. The molecule has 0 unspecified atom stereocenters. The molecule has 0 atom stereocenters. The van der Waals surface area contributed by atoms with Crippen LogP contribution in [0.15, 0.2) is 36.5 Å². The van der Waals surface area contributed by atoms with Gasteiger partial charge < -0.3 is 5.32 Å². The normalized spacial score (nSPS) is 11.7. The van der Waals surface area contributed by atoms with E-state index in [-0.39, 0.29) is 17.2 Å². The fourth-order valence-corrected chi connectivity index (χ4v) is 1.46. The van der Waals surface area contributed by atoms with Crippen LogP contribution in [0.1, 0.15) is 17.7 Å². The minimum absolute atomic E-state index is 0.183. The number of anilines is 2. The maximum Gasteiger partial charge on any atom is 0.433 e. The Bertz CT molecular complexity index is 598. The van der Waals surface area contributed by atoms with Gasteiger partial charge in [0.05, 0.1) is 0 Å². The van der Waals surface area contributed by atoms with E-state index < -0.39 is 18.3 Å². The second kappa shape index (κ2) is 5.40. The van der Waals surface area contributed by atoms with Gasteiger partial charge in [0.15, 0.2) is 0 Å². The SMILES string of the molecule is FC(F)c1cccc(Nc2nccc(C(F)(F)F)n2)c1. The van der Waals surface area contributed by atoms with Crippen LogP contribution in [-0.2, 0) is 6.18 Å². The molecule has 2 aromatic rings. The van der Waals surface area contributed by atoms with Gasteiger partial charge in [-0.25, -0.2) is 18.7 Å². The minimum Gasteiger partial charge on any atom is -0.324 e. The molecule has 3 nitrogen and oxygen atoms in total. The fourth-order valence-electron chi connectivity index (χ4n) is 1.46. The van der Waals surface area contributed by atoms with Crippen LogP contribution in [0.4, 0.5) is 33.6 Å². The quantitative estimate of drug-likeness (QED) is 0.861. The van der Waals surface area contributed by atoms with Gasteiger partial charge in [0.1, 0.15) is 5.69 Å². The zero-order chi connectivity index (χ0) is 14.8. The number of hydrogen-bond donors (Lipinski definition) is 1. The van der Waals surface area contributed by atoms with Crippen LogP contribution >= 0.6 is 0 Å². The highest BCUT2D eigenvalue weighted by Crippen LogP contribution is 2.28. The summed E-state index contributed by atoms with van der Waals surface area (Å²) in [6.07, 6.45) is -6.32. The van der Waals surface area contributed by atoms with E-state index in [1.54, 1.807) is 0 Å². The highest BCUT2D eigenvalue weighted by atomic mass is 19.4. The Morgan fingerprint density at radius 2 is 1.85 bits per heavy atom. The van der Waals surface area contributed by atoms with E-state index in [4.69, 9.17) is 0 Å². The van der Waals surface area contributed by atoms with Gasteiger partial charge in [-0.2, -0.15) is 13.2 Å². The topological polar surface area (TPSA) is 37.8 Å². The van der Waals surface area contributed by atoms with Gasteiger partial charge in [-0.15, -0.1) is 0 Å². The van der Waals surface area contributed by atoms with E-state index >= 15 is 0 Å². The Morgan fingerprint density at radius 3 is 2.50 bits per heavy atom. The Hall–Kier alpha value is -2.25. The summed E-state index contributed by atoms with van der Waals surface area (Å²) < 4.78 is 62.4. The Labute approximate surface area is 110 Å². The second-order valence-electron chi connectivity index (χ2n) is 3.81. The number of hydrogen-bond acceptors (Lipinski definition) is 3. The Morgan fingerprint density at radius 1 is 1.10 bits per heavy atom. The lowest BCUT2D eigenvalue weighted by molar-refractivity contribution is -0.141. The number of aromatic nitrogens is 2. The smallest absolute Gasteiger partial charge is 0.324 e. The van der Waals surface area contributed by atoms with Crippen molar-refractivity contribution in [2.75, 3.05) is 5.32 Å². The molecule has 0 saturated carbocycles. The van der Waals surface area contributed by atoms with Gasteiger partial charge in [-0.05, 0) is 18.2 Å². The first kappa shape index (κ1) is 14.2. The summed E-state index contributed by atoms with van der Waals surface area (Å²) in [5.41, 5.74) is -1.18. The summed E-state index contributed by atoms with van der Waals surface area (Å²) in [5.74, 6) is -0.314. The monoisotopic (exact) mass is 289 g/mol. The van der Waals surface area contributed by atoms with E-state index in [0.29, 0.717) is 0 Å². The van der Waals surface area contributed by atoms with Crippen LogP contribution < -0.4 is 5.32 Å². The summed E-state index contributed by atoms with van der Waals surface area (Å²) in [4.78, 5) is 6.89. The fraction of sp³-hybridized carbons (Fsp3) is 0.167. The molecular formula is C12H8F5N3. The van der Waals surface area contributed by atoms with Crippen molar-refractivity contribution >= 4 is 11.6 Å². The van der Waals surface area contributed by atoms with E-state index in [1.165, 1.54) is 18.2 Å². The molecule has 20 heavy (non-hydrogen) atoms. The predicted octanol–water partition coefficient (Wildman–Crippen LogP) is 4.18. The highest BCUT2D eigenvalue weighted by molar-refractivity contribution is 5.54. The number of nitrogens with zero attached hydrogens (tertiary/aromatic N) is 2. The van der Waals surface area contributed by atoms with Gasteiger partial charge in [-0.3, -0.25) is 0 Å². The lowest BCUT2D eigenvalue weighted by Gasteiger charge is -2.09. The van der Waals surface area contributed by atoms with Crippen molar-refractivity contribution in [3.63, 3.8) is 0 Å². The molecule has 2 rings (SSSR count). The van der Waals surface area contributed by atoms with Crippen molar-refractivity contribution in [1.82, 2.24) is 9.97 Å². The first-order valence-electron chi connectivity index (χ1n) is 5.41. The molecule has 0 aliphatic carbocycles. The standard InChI is InChI=1S/C12H8F5N3/c13-10(14)7-2-1-3-8(6-7)19-11-18-5-4-9(20-11)12(15,16)17/h1-6,10H,(H,18,19,20). The Kier molecular flexibility index (Phi) is 3.82. The lowest BCUT2D eigenvalue weighted by Crippen LogP contribution is -2.10. The molecule has 1 N–H and O–H groups in total. The molecule has 0 aliphatic heterocycles. The van der Waals surface area contributed by atoms with Gasteiger partial charge in [-0.1, -0.05) is 12.1 Å². The van der Waals surface area contributed by atoms with Crippen molar-refractivity contribution in [1.29, 1.82) is 0 Å². The van der Waals surface area contributed by atoms with Crippen molar-refractivity contribution < 1.29 is 22.0 Å². The van der Waals surface area contributed by atoms with Crippen molar-refractivity contribution in [3.8, 4) is 0 Å². The minimum atomic E-state index is -4.59. The molecule has 1 heterocycles. The lowest BCUT2D eigenvalue weighted by atomic mass is 10.2. The molecule has 106 valence electrons. The molecule has 1 aromatic carbocycles. The van der Waals surface area contributed by atoms with Crippen LogP contribution in [0.5, 0.6) is 0 Å². The van der Waals surface area contributed by atoms with E-state index in [2.05, 4.69) is 15.3 Å². The van der Waals surface area contributed by atoms with Crippen molar-refractivity contribution in [2.24, 2.45) is 0 Å². The zero-order valence-electron chi connectivity index (χ0n) is 9.83. The van der Waals surface area contributed by atoms with Gasteiger partial charge in [0, 0.05) is 17.4 Å². The average Bonchev–Trinajstić information content (AvgIpc) is 2.38. The highest BCUT2D eigenvalue weighted by Gasteiger charge is 2.32. The summed E-state index contributed by atoms with van der Waals surface area (Å²) in [7, 11) is 0. The molecule has 0 radical (unpaired) electrons. The number of benzene rings is 1.